The first-order valence-corrected chi connectivity index (χ1v) is 16.7. The standard InChI is InChI=1S/C34H25FIN3O4S2/c1-20-3-2-4-22(17-20)18-43-27-15-9-24(10-16-27)30(40)28-29(23-7-13-26(36)14-8-23)39(32(42)31(28)41)33-37-38-34(45-33)44-19-21-5-11-25(35)12-6-21/h2-17,29,40H,18-19H2,1H3. The van der Waals surface area contributed by atoms with Gasteiger partial charge in [0, 0.05) is 14.9 Å². The molecule has 0 radical (unpaired) electrons. The molecule has 45 heavy (non-hydrogen) atoms. The minimum absolute atomic E-state index is 0.0367. The molecular formula is C34H25FIN3O4S2. The molecule has 5 aromatic rings. The fourth-order valence-corrected chi connectivity index (χ4v) is 7.09. The van der Waals surface area contributed by atoms with Crippen LogP contribution in [0.2, 0.25) is 0 Å². The minimum atomic E-state index is -0.915. The highest BCUT2D eigenvalue weighted by molar-refractivity contribution is 14.1. The number of ether oxygens (including phenoxy) is 1. The Kier molecular flexibility index (Phi) is 9.29. The molecule has 1 aliphatic rings. The van der Waals surface area contributed by atoms with Gasteiger partial charge >= 0.3 is 5.91 Å². The molecule has 2 heterocycles. The number of thioether (sulfide) groups is 1. The molecule has 0 aliphatic carbocycles. The van der Waals surface area contributed by atoms with Crippen molar-refractivity contribution in [3.8, 4) is 5.75 Å². The van der Waals surface area contributed by atoms with Gasteiger partial charge in [0.1, 0.15) is 23.9 Å². The van der Waals surface area contributed by atoms with Gasteiger partial charge in [0.15, 0.2) is 4.34 Å². The largest absolute Gasteiger partial charge is 0.507 e. The van der Waals surface area contributed by atoms with Crippen molar-refractivity contribution in [2.45, 2.75) is 29.7 Å². The summed E-state index contributed by atoms with van der Waals surface area (Å²) in [5, 5.41) is 20.2. The van der Waals surface area contributed by atoms with E-state index in [4.69, 9.17) is 4.74 Å². The molecule has 11 heteroatoms. The van der Waals surface area contributed by atoms with Gasteiger partial charge in [-0.25, -0.2) is 4.39 Å². The van der Waals surface area contributed by atoms with E-state index in [0.29, 0.717) is 33.6 Å². The van der Waals surface area contributed by atoms with E-state index >= 15 is 0 Å². The first-order valence-electron chi connectivity index (χ1n) is 13.8. The van der Waals surface area contributed by atoms with Crippen molar-refractivity contribution in [3.63, 3.8) is 0 Å². The third-order valence-corrected chi connectivity index (χ3v) is 9.97. The third kappa shape index (κ3) is 6.95. The number of amides is 1. The Morgan fingerprint density at radius 2 is 1.71 bits per heavy atom. The summed E-state index contributed by atoms with van der Waals surface area (Å²) in [6, 6.07) is 27.5. The average Bonchev–Trinajstić information content (AvgIpc) is 3.62. The van der Waals surface area contributed by atoms with E-state index in [-0.39, 0.29) is 22.3 Å². The molecule has 1 atom stereocenters. The first kappa shape index (κ1) is 30.9. The number of hydrogen-bond acceptors (Lipinski definition) is 8. The van der Waals surface area contributed by atoms with Gasteiger partial charge in [-0.1, -0.05) is 77.2 Å². The van der Waals surface area contributed by atoms with E-state index < -0.39 is 17.7 Å². The monoisotopic (exact) mass is 749 g/mol. The second kappa shape index (κ2) is 13.5. The maximum atomic E-state index is 13.5. The number of rotatable bonds is 9. The molecule has 0 bridgehead atoms. The van der Waals surface area contributed by atoms with Gasteiger partial charge in [-0.15, -0.1) is 10.2 Å². The van der Waals surface area contributed by atoms with Gasteiger partial charge in [-0.2, -0.15) is 0 Å². The van der Waals surface area contributed by atoms with Crippen LogP contribution in [0.1, 0.15) is 33.9 Å². The zero-order valence-corrected chi connectivity index (χ0v) is 27.6. The lowest BCUT2D eigenvalue weighted by atomic mass is 9.95. The summed E-state index contributed by atoms with van der Waals surface area (Å²) in [4.78, 5) is 28.4. The van der Waals surface area contributed by atoms with Crippen molar-refractivity contribution in [2.24, 2.45) is 0 Å². The van der Waals surface area contributed by atoms with Crippen LogP contribution in [0.4, 0.5) is 9.52 Å². The fourth-order valence-electron chi connectivity index (χ4n) is 4.91. The molecule has 1 aromatic heterocycles. The topological polar surface area (TPSA) is 92.6 Å². The molecule has 226 valence electrons. The number of carbonyl (C=O) groups excluding carboxylic acids is 2. The predicted octanol–water partition coefficient (Wildman–Crippen LogP) is 8.09. The molecule has 1 aliphatic heterocycles. The van der Waals surface area contributed by atoms with Crippen LogP contribution in [0.25, 0.3) is 5.76 Å². The van der Waals surface area contributed by atoms with Gasteiger partial charge in [-0.3, -0.25) is 14.5 Å². The molecule has 6 rings (SSSR count). The van der Waals surface area contributed by atoms with Gasteiger partial charge < -0.3 is 9.84 Å². The summed E-state index contributed by atoms with van der Waals surface area (Å²) in [6.07, 6.45) is 0. The molecule has 0 spiro atoms. The lowest BCUT2D eigenvalue weighted by Crippen LogP contribution is -2.29. The van der Waals surface area contributed by atoms with Crippen molar-refractivity contribution in [1.29, 1.82) is 0 Å². The van der Waals surface area contributed by atoms with Crippen LogP contribution in [0.3, 0.4) is 0 Å². The van der Waals surface area contributed by atoms with Crippen LogP contribution in [0, 0.1) is 16.3 Å². The fraction of sp³-hybridized carbons (Fsp3) is 0.118. The third-order valence-electron chi connectivity index (χ3n) is 7.12. The van der Waals surface area contributed by atoms with Gasteiger partial charge in [-0.05, 0) is 94.7 Å². The van der Waals surface area contributed by atoms with E-state index in [9.17, 15) is 19.1 Å². The van der Waals surface area contributed by atoms with Crippen molar-refractivity contribution < 1.29 is 23.8 Å². The van der Waals surface area contributed by atoms with Crippen molar-refractivity contribution >= 4 is 68.3 Å². The maximum absolute atomic E-state index is 13.5. The Bertz CT molecular complexity index is 1890. The number of benzene rings is 4. The molecule has 0 saturated carbocycles. The van der Waals surface area contributed by atoms with Gasteiger partial charge in [0.25, 0.3) is 5.78 Å². The first-order chi connectivity index (χ1) is 21.8. The molecule has 4 aromatic carbocycles. The lowest BCUT2D eigenvalue weighted by Gasteiger charge is -2.22. The van der Waals surface area contributed by atoms with Crippen molar-refractivity contribution in [3.05, 3.63) is 140 Å². The predicted molar refractivity (Wildman–Crippen MR) is 182 cm³/mol. The second-order valence-electron chi connectivity index (χ2n) is 10.3. The van der Waals surface area contributed by atoms with Crippen LogP contribution >= 0.6 is 45.7 Å². The summed E-state index contributed by atoms with van der Waals surface area (Å²) < 4.78 is 20.8. The number of halogens is 2. The highest BCUT2D eigenvalue weighted by atomic mass is 127. The zero-order valence-electron chi connectivity index (χ0n) is 23.8. The highest BCUT2D eigenvalue weighted by Crippen LogP contribution is 2.44. The van der Waals surface area contributed by atoms with E-state index in [2.05, 4.69) is 38.9 Å². The van der Waals surface area contributed by atoms with Crippen LogP contribution < -0.4 is 9.64 Å². The van der Waals surface area contributed by atoms with E-state index in [0.717, 1.165) is 20.3 Å². The number of nitrogens with zero attached hydrogens (tertiary/aromatic N) is 3. The molecule has 7 nitrogen and oxygen atoms in total. The average molecular weight is 750 g/mol. The number of anilines is 1. The summed E-state index contributed by atoms with van der Waals surface area (Å²) in [7, 11) is 0. The zero-order chi connectivity index (χ0) is 31.5. The molecule has 1 saturated heterocycles. The smallest absolute Gasteiger partial charge is 0.301 e. The number of aromatic nitrogens is 2. The van der Waals surface area contributed by atoms with E-state index in [1.54, 1.807) is 36.4 Å². The van der Waals surface area contributed by atoms with Crippen LogP contribution in [-0.4, -0.2) is 27.0 Å². The Morgan fingerprint density at radius 1 is 0.978 bits per heavy atom. The molecule has 1 fully saturated rings. The summed E-state index contributed by atoms with van der Waals surface area (Å²) >= 11 is 4.75. The lowest BCUT2D eigenvalue weighted by molar-refractivity contribution is -0.132. The van der Waals surface area contributed by atoms with Gasteiger partial charge in [0.2, 0.25) is 5.13 Å². The molecule has 1 N–H and O–H groups in total. The van der Waals surface area contributed by atoms with Gasteiger partial charge in [0.05, 0.1) is 11.6 Å². The Morgan fingerprint density at radius 3 is 2.42 bits per heavy atom. The maximum Gasteiger partial charge on any atom is 0.301 e. The number of Topliss-reactive ketones (excluding diaryl/α,β-unsaturated/α-hetero) is 1. The molecular weight excluding hydrogens is 724 g/mol. The Hall–Kier alpha value is -4.07. The highest BCUT2D eigenvalue weighted by Gasteiger charge is 2.48. The van der Waals surface area contributed by atoms with Crippen LogP contribution in [0.15, 0.2) is 107 Å². The Balaban J connectivity index is 1.29. The number of aryl methyl sites for hydroxylation is 1. The SMILES string of the molecule is Cc1cccc(COc2ccc(C(O)=C3C(=O)C(=O)N(c4nnc(SCc5ccc(F)cc5)s4)C3c3ccc(I)cc3)cc2)c1. The number of ketones is 1. The quantitative estimate of drug-likeness (QED) is 0.0407. The van der Waals surface area contributed by atoms with Crippen molar-refractivity contribution in [1.82, 2.24) is 10.2 Å². The van der Waals surface area contributed by atoms with Crippen LogP contribution in [0.5, 0.6) is 5.75 Å². The number of carbonyl (C=O) groups is 2. The second-order valence-corrected chi connectivity index (χ2v) is 13.7. The minimum Gasteiger partial charge on any atom is -0.507 e. The summed E-state index contributed by atoms with van der Waals surface area (Å²) in [6.45, 7) is 2.41. The number of aliphatic hydroxyl groups excluding tert-OH is 1. The number of hydrogen-bond donors (Lipinski definition) is 1. The van der Waals surface area contributed by atoms with E-state index in [1.165, 1.54) is 40.1 Å². The van der Waals surface area contributed by atoms with E-state index in [1.807, 2.05) is 49.4 Å². The summed E-state index contributed by atoms with van der Waals surface area (Å²) in [5.74, 6) is -1.09. The normalized spacial score (nSPS) is 15.9. The summed E-state index contributed by atoms with van der Waals surface area (Å²) in [5.41, 5.74) is 4.07. The van der Waals surface area contributed by atoms with Crippen molar-refractivity contribution in [2.75, 3.05) is 4.90 Å². The Labute approximate surface area is 280 Å². The molecule has 1 unspecified atom stereocenters. The number of aliphatic hydroxyl groups is 1. The molecule has 1 amide bonds. The van der Waals surface area contributed by atoms with Crippen LogP contribution in [-0.2, 0) is 21.9 Å².